The lowest BCUT2D eigenvalue weighted by Crippen LogP contribution is -2.25. The largest absolute Gasteiger partial charge is 0.497 e. The maximum atomic E-state index is 10.9. The van der Waals surface area contributed by atoms with Gasteiger partial charge in [-0.2, -0.15) is 0 Å². The molecule has 0 bridgehead atoms. The van der Waals surface area contributed by atoms with Gasteiger partial charge in [-0.05, 0) is 30.2 Å². The maximum absolute atomic E-state index is 10.9. The standard InChI is InChI=1S/C12H17NO4.ClH/c1-16-10-3-4-11(17-2)8(6-10)5-9(7-13)12(14)15;/h3-4,6,9H,5,7,13H2,1-2H3,(H,14,15);1H/t9-;/m0./s1. The van der Waals surface area contributed by atoms with E-state index in [-0.39, 0.29) is 19.0 Å². The molecule has 0 heterocycles. The molecule has 0 saturated heterocycles. The molecule has 3 N–H and O–H groups in total. The van der Waals surface area contributed by atoms with Crippen LogP contribution in [0.5, 0.6) is 11.5 Å². The molecule has 1 rings (SSSR count). The van der Waals surface area contributed by atoms with Crippen LogP contribution >= 0.6 is 12.4 Å². The van der Waals surface area contributed by atoms with Crippen molar-refractivity contribution in [2.24, 2.45) is 11.7 Å². The number of methoxy groups -OCH3 is 2. The van der Waals surface area contributed by atoms with E-state index in [2.05, 4.69) is 0 Å². The molecule has 18 heavy (non-hydrogen) atoms. The highest BCUT2D eigenvalue weighted by Crippen LogP contribution is 2.26. The summed E-state index contributed by atoms with van der Waals surface area (Å²) in [6, 6.07) is 5.29. The van der Waals surface area contributed by atoms with Gasteiger partial charge in [0.2, 0.25) is 0 Å². The predicted molar refractivity (Wildman–Crippen MR) is 70.7 cm³/mol. The lowest BCUT2D eigenvalue weighted by atomic mass is 9.98. The van der Waals surface area contributed by atoms with E-state index >= 15 is 0 Å². The number of rotatable bonds is 6. The van der Waals surface area contributed by atoms with Crippen LogP contribution in [-0.4, -0.2) is 31.8 Å². The summed E-state index contributed by atoms with van der Waals surface area (Å²) in [7, 11) is 3.10. The Morgan fingerprint density at radius 1 is 1.39 bits per heavy atom. The van der Waals surface area contributed by atoms with E-state index in [9.17, 15) is 4.79 Å². The highest BCUT2D eigenvalue weighted by Gasteiger charge is 2.18. The second-order valence-corrected chi connectivity index (χ2v) is 3.65. The van der Waals surface area contributed by atoms with Crippen LogP contribution in [0, 0.1) is 5.92 Å². The Morgan fingerprint density at radius 3 is 2.50 bits per heavy atom. The number of carboxylic acid groups (broad SMARTS) is 1. The van der Waals surface area contributed by atoms with Gasteiger partial charge in [0.1, 0.15) is 11.5 Å². The molecule has 0 radical (unpaired) electrons. The van der Waals surface area contributed by atoms with Crippen LogP contribution in [0.1, 0.15) is 5.56 Å². The van der Waals surface area contributed by atoms with Crippen LogP contribution in [0.25, 0.3) is 0 Å². The molecule has 6 heteroatoms. The molecular weight excluding hydrogens is 258 g/mol. The van der Waals surface area contributed by atoms with Crippen LogP contribution < -0.4 is 15.2 Å². The number of nitrogens with two attached hydrogens (primary N) is 1. The van der Waals surface area contributed by atoms with Gasteiger partial charge in [0.25, 0.3) is 0 Å². The van der Waals surface area contributed by atoms with Crippen molar-refractivity contribution in [2.75, 3.05) is 20.8 Å². The number of hydrogen-bond donors (Lipinski definition) is 2. The molecule has 102 valence electrons. The number of hydrogen-bond acceptors (Lipinski definition) is 4. The Hall–Kier alpha value is -1.46. The smallest absolute Gasteiger partial charge is 0.308 e. The van der Waals surface area contributed by atoms with Gasteiger partial charge < -0.3 is 20.3 Å². The van der Waals surface area contributed by atoms with Crippen molar-refractivity contribution in [3.63, 3.8) is 0 Å². The minimum Gasteiger partial charge on any atom is -0.497 e. The number of aliphatic carboxylic acids is 1. The monoisotopic (exact) mass is 275 g/mol. The Morgan fingerprint density at radius 2 is 2.06 bits per heavy atom. The zero-order valence-electron chi connectivity index (χ0n) is 10.4. The van der Waals surface area contributed by atoms with Gasteiger partial charge in [0, 0.05) is 6.54 Å². The Kier molecular flexibility index (Phi) is 7.16. The molecule has 0 spiro atoms. The second-order valence-electron chi connectivity index (χ2n) is 3.65. The number of ether oxygens (including phenoxy) is 2. The summed E-state index contributed by atoms with van der Waals surface area (Å²) in [5, 5.41) is 8.97. The average Bonchev–Trinajstić information content (AvgIpc) is 2.35. The fourth-order valence-electron chi connectivity index (χ4n) is 1.58. The number of carboxylic acids is 1. The second kappa shape index (κ2) is 7.79. The van der Waals surface area contributed by atoms with Gasteiger partial charge in [-0.1, -0.05) is 0 Å². The molecule has 1 atom stereocenters. The average molecular weight is 276 g/mol. The Bertz CT molecular complexity index is 398. The highest BCUT2D eigenvalue weighted by molar-refractivity contribution is 5.85. The van der Waals surface area contributed by atoms with Gasteiger partial charge >= 0.3 is 5.97 Å². The van der Waals surface area contributed by atoms with Crippen molar-refractivity contribution in [3.05, 3.63) is 23.8 Å². The number of carbonyl (C=O) groups is 1. The lowest BCUT2D eigenvalue weighted by Gasteiger charge is -2.14. The van der Waals surface area contributed by atoms with Crippen LogP contribution in [0.2, 0.25) is 0 Å². The van der Waals surface area contributed by atoms with Crippen molar-refractivity contribution in [2.45, 2.75) is 6.42 Å². The lowest BCUT2D eigenvalue weighted by molar-refractivity contribution is -0.141. The first-order chi connectivity index (χ1) is 8.12. The van der Waals surface area contributed by atoms with Gasteiger partial charge in [-0.25, -0.2) is 0 Å². The van der Waals surface area contributed by atoms with Crippen molar-refractivity contribution in [1.29, 1.82) is 0 Å². The fraction of sp³-hybridized carbons (Fsp3) is 0.417. The normalized spacial score (nSPS) is 11.3. The maximum Gasteiger partial charge on any atom is 0.308 e. The van der Waals surface area contributed by atoms with Crippen LogP contribution in [0.4, 0.5) is 0 Å². The Balaban J connectivity index is 0.00000289. The molecule has 0 aliphatic heterocycles. The summed E-state index contributed by atoms with van der Waals surface area (Å²) in [6.07, 6.45) is 0.326. The molecule has 0 saturated carbocycles. The minimum atomic E-state index is -0.905. The summed E-state index contributed by atoms with van der Waals surface area (Å²) in [5.41, 5.74) is 6.21. The number of benzene rings is 1. The SMILES string of the molecule is COc1ccc(OC)c(C[C@@H](CN)C(=O)O)c1.Cl. The van der Waals surface area contributed by atoms with E-state index in [0.29, 0.717) is 17.9 Å². The van der Waals surface area contributed by atoms with E-state index in [0.717, 1.165) is 5.56 Å². The van der Waals surface area contributed by atoms with Crippen LogP contribution in [-0.2, 0) is 11.2 Å². The summed E-state index contributed by atoms with van der Waals surface area (Å²) in [6.45, 7) is 0.0930. The van der Waals surface area contributed by atoms with E-state index in [1.165, 1.54) is 0 Å². The minimum absolute atomic E-state index is 0. The summed E-state index contributed by atoms with van der Waals surface area (Å²) < 4.78 is 10.3. The summed E-state index contributed by atoms with van der Waals surface area (Å²) >= 11 is 0. The van der Waals surface area contributed by atoms with Crippen molar-refractivity contribution < 1.29 is 19.4 Å². The first-order valence-corrected chi connectivity index (χ1v) is 5.26. The molecule has 0 fully saturated rings. The van der Waals surface area contributed by atoms with E-state index in [4.69, 9.17) is 20.3 Å². The van der Waals surface area contributed by atoms with Crippen molar-refractivity contribution >= 4 is 18.4 Å². The summed E-state index contributed by atoms with van der Waals surface area (Å²) in [5.74, 6) is -0.208. The van der Waals surface area contributed by atoms with Gasteiger partial charge in [0.15, 0.2) is 0 Å². The van der Waals surface area contributed by atoms with Gasteiger partial charge in [-0.3, -0.25) is 4.79 Å². The Labute approximate surface area is 112 Å². The zero-order valence-corrected chi connectivity index (χ0v) is 11.2. The first-order valence-electron chi connectivity index (χ1n) is 5.26. The molecule has 0 aliphatic carbocycles. The zero-order chi connectivity index (χ0) is 12.8. The van der Waals surface area contributed by atoms with E-state index in [1.807, 2.05) is 0 Å². The fourth-order valence-corrected chi connectivity index (χ4v) is 1.58. The van der Waals surface area contributed by atoms with E-state index in [1.54, 1.807) is 32.4 Å². The third-order valence-corrected chi connectivity index (χ3v) is 2.59. The first kappa shape index (κ1) is 16.5. The van der Waals surface area contributed by atoms with Gasteiger partial charge in [-0.15, -0.1) is 12.4 Å². The molecule has 5 nitrogen and oxygen atoms in total. The quantitative estimate of drug-likeness (QED) is 0.818. The van der Waals surface area contributed by atoms with Gasteiger partial charge in [0.05, 0.1) is 20.1 Å². The van der Waals surface area contributed by atoms with Crippen LogP contribution in [0.3, 0.4) is 0 Å². The molecule has 0 amide bonds. The molecule has 0 aliphatic rings. The third kappa shape index (κ3) is 4.09. The van der Waals surface area contributed by atoms with E-state index < -0.39 is 11.9 Å². The molecule has 1 aromatic carbocycles. The summed E-state index contributed by atoms with van der Waals surface area (Å²) in [4.78, 5) is 10.9. The number of halogens is 1. The van der Waals surface area contributed by atoms with Crippen LogP contribution in [0.15, 0.2) is 18.2 Å². The third-order valence-electron chi connectivity index (χ3n) is 2.59. The predicted octanol–water partition coefficient (Wildman–Crippen LogP) is 1.33. The molecule has 0 unspecified atom stereocenters. The highest BCUT2D eigenvalue weighted by atomic mass is 35.5. The molecule has 0 aromatic heterocycles. The van der Waals surface area contributed by atoms with Crippen molar-refractivity contribution in [1.82, 2.24) is 0 Å². The molecule has 1 aromatic rings. The topological polar surface area (TPSA) is 81.8 Å². The molecular formula is C12H18ClNO4. The van der Waals surface area contributed by atoms with Crippen molar-refractivity contribution in [3.8, 4) is 11.5 Å².